The molecule has 3 rings (SSSR count). The fourth-order valence-corrected chi connectivity index (χ4v) is 4.66. The quantitative estimate of drug-likeness (QED) is 0.852. The third-order valence-corrected chi connectivity index (χ3v) is 5.97. The molecule has 3 nitrogen and oxygen atoms in total. The van der Waals surface area contributed by atoms with E-state index in [1.807, 2.05) is 0 Å². The molecule has 2 atom stereocenters. The van der Waals surface area contributed by atoms with Crippen molar-refractivity contribution in [3.8, 4) is 0 Å². The molecule has 1 spiro atoms. The number of nitrogens with zero attached hydrogens (tertiary/aromatic N) is 1. The van der Waals surface area contributed by atoms with Gasteiger partial charge >= 0.3 is 0 Å². The summed E-state index contributed by atoms with van der Waals surface area (Å²) in [5.74, 6) is 0.677. The molecule has 2 N–H and O–H groups in total. The zero-order valence-corrected chi connectivity index (χ0v) is 12.3. The lowest BCUT2D eigenvalue weighted by molar-refractivity contribution is -0.00768. The molecule has 19 heavy (non-hydrogen) atoms. The minimum atomic E-state index is 0.569. The summed E-state index contributed by atoms with van der Waals surface area (Å²) in [7, 11) is 0. The highest BCUT2D eigenvalue weighted by Crippen LogP contribution is 2.46. The molecule has 3 aliphatic rings. The van der Waals surface area contributed by atoms with Gasteiger partial charge in [0.05, 0.1) is 6.61 Å². The summed E-state index contributed by atoms with van der Waals surface area (Å²) in [4.78, 5) is 2.68. The average molecular weight is 266 g/mol. The predicted octanol–water partition coefficient (Wildman–Crippen LogP) is 2.40. The largest absolute Gasteiger partial charge is 0.381 e. The first-order chi connectivity index (χ1) is 9.33. The van der Waals surface area contributed by atoms with Crippen molar-refractivity contribution in [2.24, 2.45) is 17.1 Å². The van der Waals surface area contributed by atoms with Gasteiger partial charge < -0.3 is 10.5 Å². The van der Waals surface area contributed by atoms with Crippen molar-refractivity contribution in [3.63, 3.8) is 0 Å². The van der Waals surface area contributed by atoms with E-state index in [9.17, 15) is 0 Å². The zero-order valence-electron chi connectivity index (χ0n) is 12.3. The van der Waals surface area contributed by atoms with Gasteiger partial charge in [-0.05, 0) is 62.9 Å². The van der Waals surface area contributed by atoms with Crippen LogP contribution in [-0.2, 0) is 4.74 Å². The molecular formula is C16H30N2O. The van der Waals surface area contributed by atoms with Crippen molar-refractivity contribution in [2.45, 2.75) is 57.4 Å². The second kappa shape index (κ2) is 6.11. The van der Waals surface area contributed by atoms with Gasteiger partial charge in [-0.15, -0.1) is 0 Å². The van der Waals surface area contributed by atoms with Crippen LogP contribution in [0.1, 0.15) is 51.4 Å². The standard InChI is InChI=1S/C16H30N2O/c17-12-15(14-4-3-11-19-13-14)18-9-7-16(8-10-18)5-1-2-6-16/h14-15H,1-13,17H2. The Labute approximate surface area is 117 Å². The number of likely N-dealkylation sites (tertiary alicyclic amines) is 1. The van der Waals surface area contributed by atoms with Crippen LogP contribution in [0.15, 0.2) is 0 Å². The van der Waals surface area contributed by atoms with E-state index >= 15 is 0 Å². The molecule has 2 unspecified atom stereocenters. The summed E-state index contributed by atoms with van der Waals surface area (Å²) >= 11 is 0. The number of rotatable bonds is 3. The first-order valence-corrected chi connectivity index (χ1v) is 8.35. The van der Waals surface area contributed by atoms with E-state index in [-0.39, 0.29) is 0 Å². The fourth-order valence-electron chi connectivity index (χ4n) is 4.66. The Morgan fingerprint density at radius 3 is 2.42 bits per heavy atom. The lowest BCUT2D eigenvalue weighted by Crippen LogP contribution is -2.52. The van der Waals surface area contributed by atoms with Crippen LogP contribution in [0.25, 0.3) is 0 Å². The molecule has 1 aliphatic carbocycles. The summed E-state index contributed by atoms with van der Waals surface area (Å²) < 4.78 is 5.67. The lowest BCUT2D eigenvalue weighted by Gasteiger charge is -2.45. The molecular weight excluding hydrogens is 236 g/mol. The van der Waals surface area contributed by atoms with Crippen LogP contribution in [0.5, 0.6) is 0 Å². The van der Waals surface area contributed by atoms with Crippen LogP contribution < -0.4 is 5.73 Å². The van der Waals surface area contributed by atoms with E-state index in [4.69, 9.17) is 10.5 Å². The molecule has 0 aromatic rings. The van der Waals surface area contributed by atoms with Crippen molar-refractivity contribution in [3.05, 3.63) is 0 Å². The maximum absolute atomic E-state index is 6.08. The maximum atomic E-state index is 6.08. The molecule has 2 aliphatic heterocycles. The second-order valence-corrected chi connectivity index (χ2v) is 7.02. The normalized spacial score (nSPS) is 33.6. The summed E-state index contributed by atoms with van der Waals surface area (Å²) in [5.41, 5.74) is 6.80. The van der Waals surface area contributed by atoms with Crippen LogP contribution in [-0.4, -0.2) is 43.8 Å². The Morgan fingerprint density at radius 1 is 1.11 bits per heavy atom. The minimum Gasteiger partial charge on any atom is -0.381 e. The van der Waals surface area contributed by atoms with Crippen molar-refractivity contribution in [2.75, 3.05) is 32.8 Å². The van der Waals surface area contributed by atoms with Crippen LogP contribution in [0.2, 0.25) is 0 Å². The fraction of sp³-hybridized carbons (Fsp3) is 1.00. The van der Waals surface area contributed by atoms with Gasteiger partial charge in [0.2, 0.25) is 0 Å². The van der Waals surface area contributed by atoms with Crippen LogP contribution in [0, 0.1) is 11.3 Å². The number of ether oxygens (including phenoxy) is 1. The van der Waals surface area contributed by atoms with Gasteiger partial charge in [0.25, 0.3) is 0 Å². The summed E-state index contributed by atoms with van der Waals surface area (Å²) in [5, 5.41) is 0. The molecule has 3 fully saturated rings. The lowest BCUT2D eigenvalue weighted by atomic mass is 9.76. The van der Waals surface area contributed by atoms with Gasteiger partial charge in [0, 0.05) is 19.2 Å². The highest BCUT2D eigenvalue weighted by Gasteiger charge is 2.39. The molecule has 0 aromatic carbocycles. The third kappa shape index (κ3) is 2.98. The van der Waals surface area contributed by atoms with Crippen LogP contribution in [0.3, 0.4) is 0 Å². The number of hydrogen-bond acceptors (Lipinski definition) is 3. The molecule has 0 bridgehead atoms. The van der Waals surface area contributed by atoms with E-state index < -0.39 is 0 Å². The monoisotopic (exact) mass is 266 g/mol. The average Bonchev–Trinajstić information content (AvgIpc) is 2.92. The molecule has 110 valence electrons. The Hall–Kier alpha value is -0.120. The predicted molar refractivity (Wildman–Crippen MR) is 78.1 cm³/mol. The van der Waals surface area contributed by atoms with Gasteiger partial charge in [-0.25, -0.2) is 0 Å². The Kier molecular flexibility index (Phi) is 4.45. The molecule has 1 saturated carbocycles. The van der Waals surface area contributed by atoms with E-state index in [2.05, 4.69) is 4.90 Å². The number of nitrogens with two attached hydrogens (primary N) is 1. The smallest absolute Gasteiger partial charge is 0.0509 e. The zero-order chi connectivity index (χ0) is 13.1. The number of piperidine rings is 1. The van der Waals surface area contributed by atoms with Crippen LogP contribution >= 0.6 is 0 Å². The Bertz CT molecular complexity index is 272. The Morgan fingerprint density at radius 2 is 1.84 bits per heavy atom. The molecule has 3 heteroatoms. The van der Waals surface area contributed by atoms with Gasteiger partial charge in [-0.3, -0.25) is 4.90 Å². The minimum absolute atomic E-state index is 0.569. The highest BCUT2D eigenvalue weighted by molar-refractivity contribution is 4.93. The highest BCUT2D eigenvalue weighted by atomic mass is 16.5. The van der Waals surface area contributed by atoms with E-state index in [0.29, 0.717) is 12.0 Å². The van der Waals surface area contributed by atoms with Gasteiger partial charge in [-0.1, -0.05) is 12.8 Å². The van der Waals surface area contributed by atoms with Crippen molar-refractivity contribution < 1.29 is 4.74 Å². The van der Waals surface area contributed by atoms with E-state index in [1.54, 1.807) is 0 Å². The van der Waals surface area contributed by atoms with Crippen LogP contribution in [0.4, 0.5) is 0 Å². The van der Waals surface area contributed by atoms with Gasteiger partial charge in [0.15, 0.2) is 0 Å². The molecule has 2 heterocycles. The first-order valence-electron chi connectivity index (χ1n) is 8.35. The molecule has 2 saturated heterocycles. The maximum Gasteiger partial charge on any atom is 0.0509 e. The topological polar surface area (TPSA) is 38.5 Å². The summed E-state index contributed by atoms with van der Waals surface area (Å²) in [6, 6.07) is 0.569. The summed E-state index contributed by atoms with van der Waals surface area (Å²) in [6.45, 7) is 5.25. The van der Waals surface area contributed by atoms with Gasteiger partial charge in [0.1, 0.15) is 0 Å². The van der Waals surface area contributed by atoms with E-state index in [1.165, 1.54) is 64.5 Å². The molecule has 0 aromatic heterocycles. The van der Waals surface area contributed by atoms with Crippen molar-refractivity contribution in [1.82, 2.24) is 4.90 Å². The van der Waals surface area contributed by atoms with Crippen molar-refractivity contribution >= 4 is 0 Å². The third-order valence-electron chi connectivity index (χ3n) is 5.97. The van der Waals surface area contributed by atoms with E-state index in [0.717, 1.165) is 25.2 Å². The Balaban J connectivity index is 1.56. The van der Waals surface area contributed by atoms with Gasteiger partial charge in [-0.2, -0.15) is 0 Å². The SMILES string of the molecule is NCC(C1CCCOC1)N1CCC2(CCCC2)CC1. The summed E-state index contributed by atoms with van der Waals surface area (Å²) in [6.07, 6.45) is 11.3. The first kappa shape index (κ1) is 13.8. The number of hydrogen-bond donors (Lipinski definition) is 1. The molecule has 0 radical (unpaired) electrons. The molecule has 0 amide bonds. The second-order valence-electron chi connectivity index (χ2n) is 7.02. The van der Waals surface area contributed by atoms with Crippen molar-refractivity contribution in [1.29, 1.82) is 0 Å².